The maximum atomic E-state index is 9.55. The first-order chi connectivity index (χ1) is 6.61. The second kappa shape index (κ2) is 2.70. The first-order valence-corrected chi connectivity index (χ1v) is 4.10. The molecule has 72 valence electrons. The number of hydrogen-bond acceptors (Lipinski definition) is 4. The van der Waals surface area contributed by atoms with Crippen LogP contribution in [0.5, 0.6) is 11.5 Å². The van der Waals surface area contributed by atoms with Crippen LogP contribution in [-0.4, -0.2) is 10.2 Å². The van der Waals surface area contributed by atoms with Crippen molar-refractivity contribution >= 4 is 22.1 Å². The van der Waals surface area contributed by atoms with Crippen LogP contribution in [0.1, 0.15) is 0 Å². The first kappa shape index (κ1) is 8.50. The Morgan fingerprint density at radius 2 is 1.07 bits per heavy atom. The van der Waals surface area contributed by atoms with Crippen LogP contribution < -0.4 is 11.5 Å². The smallest absolute Gasteiger partial charge is 0.125 e. The van der Waals surface area contributed by atoms with Crippen LogP contribution in [0.2, 0.25) is 0 Å². The molecule has 0 spiro atoms. The van der Waals surface area contributed by atoms with Crippen LogP contribution in [0.15, 0.2) is 24.3 Å². The highest BCUT2D eigenvalue weighted by Gasteiger charge is 2.10. The fourth-order valence-electron chi connectivity index (χ4n) is 1.51. The number of benzene rings is 2. The molecule has 0 amide bonds. The van der Waals surface area contributed by atoms with E-state index < -0.39 is 0 Å². The van der Waals surface area contributed by atoms with Crippen molar-refractivity contribution in [2.45, 2.75) is 0 Å². The van der Waals surface area contributed by atoms with Crippen molar-refractivity contribution in [1.82, 2.24) is 0 Å². The maximum absolute atomic E-state index is 9.55. The lowest BCUT2D eigenvalue weighted by Crippen LogP contribution is -1.92. The molecule has 0 bridgehead atoms. The molecule has 4 heteroatoms. The van der Waals surface area contributed by atoms with Crippen LogP contribution in [-0.2, 0) is 0 Å². The summed E-state index contributed by atoms with van der Waals surface area (Å²) in [6, 6.07) is 5.95. The number of hydrogen-bond donors (Lipinski definition) is 4. The molecule has 0 atom stereocenters. The molecule has 2 aromatic carbocycles. The van der Waals surface area contributed by atoms with Crippen LogP contribution >= 0.6 is 0 Å². The zero-order valence-electron chi connectivity index (χ0n) is 7.36. The molecule has 0 aliphatic rings. The number of nitrogen functional groups attached to an aromatic ring is 2. The van der Waals surface area contributed by atoms with Crippen molar-refractivity contribution in [2.75, 3.05) is 11.5 Å². The molecule has 2 rings (SSSR count). The molecule has 14 heavy (non-hydrogen) atoms. The molecule has 2 aromatic rings. The van der Waals surface area contributed by atoms with Gasteiger partial charge in [0.1, 0.15) is 11.5 Å². The number of phenols is 2. The number of fused-ring (bicyclic) bond motifs is 1. The van der Waals surface area contributed by atoms with Gasteiger partial charge in [-0.15, -0.1) is 0 Å². The first-order valence-electron chi connectivity index (χ1n) is 4.10. The predicted octanol–water partition coefficient (Wildman–Crippen LogP) is 1.42. The predicted molar refractivity (Wildman–Crippen MR) is 56.1 cm³/mol. The minimum absolute atomic E-state index is 0.0163. The third-order valence-electron chi connectivity index (χ3n) is 2.18. The number of aromatic hydroxyl groups is 2. The zero-order valence-corrected chi connectivity index (χ0v) is 7.36. The number of phenolic OH excluding ortho intramolecular Hbond substituents is 2. The van der Waals surface area contributed by atoms with Crippen molar-refractivity contribution in [3.63, 3.8) is 0 Å². The van der Waals surface area contributed by atoms with Crippen LogP contribution in [0, 0.1) is 0 Å². The van der Waals surface area contributed by atoms with Gasteiger partial charge in [-0.2, -0.15) is 0 Å². The topological polar surface area (TPSA) is 92.5 Å². The lowest BCUT2D eigenvalue weighted by Gasteiger charge is -2.08. The molecule has 0 saturated heterocycles. The van der Waals surface area contributed by atoms with E-state index in [9.17, 15) is 10.2 Å². The summed E-state index contributed by atoms with van der Waals surface area (Å²) in [6.45, 7) is 0. The van der Waals surface area contributed by atoms with E-state index in [1.807, 2.05) is 0 Å². The fourth-order valence-corrected chi connectivity index (χ4v) is 1.51. The average Bonchev–Trinajstić information content (AvgIpc) is 2.16. The number of nitrogens with two attached hydrogens (primary N) is 2. The molecular weight excluding hydrogens is 180 g/mol. The Morgan fingerprint density at radius 1 is 0.714 bits per heavy atom. The lowest BCUT2D eigenvalue weighted by atomic mass is 10.1. The summed E-state index contributed by atoms with van der Waals surface area (Å²) in [6.07, 6.45) is 0. The minimum Gasteiger partial charge on any atom is -0.507 e. The second-order valence-electron chi connectivity index (χ2n) is 3.10. The normalized spacial score (nSPS) is 10.6. The van der Waals surface area contributed by atoms with E-state index in [0.29, 0.717) is 22.1 Å². The molecule has 0 fully saturated rings. The molecule has 0 unspecified atom stereocenters. The summed E-state index contributed by atoms with van der Waals surface area (Å²) in [5.41, 5.74) is 12.1. The Hall–Kier alpha value is -2.10. The van der Waals surface area contributed by atoms with E-state index in [0.717, 1.165) is 0 Å². The molecule has 0 aromatic heterocycles. The van der Waals surface area contributed by atoms with E-state index >= 15 is 0 Å². The SMILES string of the molecule is Nc1ccc(N)c2c(O)ccc(O)c12. The van der Waals surface area contributed by atoms with Gasteiger partial charge in [-0.25, -0.2) is 0 Å². The van der Waals surface area contributed by atoms with Gasteiger partial charge >= 0.3 is 0 Å². The van der Waals surface area contributed by atoms with E-state index in [2.05, 4.69) is 0 Å². The third-order valence-corrected chi connectivity index (χ3v) is 2.18. The quantitative estimate of drug-likeness (QED) is 0.373. The molecule has 0 aliphatic carbocycles. The van der Waals surface area contributed by atoms with Crippen LogP contribution in [0.3, 0.4) is 0 Å². The van der Waals surface area contributed by atoms with Gasteiger partial charge in [0.2, 0.25) is 0 Å². The largest absolute Gasteiger partial charge is 0.507 e. The third kappa shape index (κ3) is 1.01. The standard InChI is InChI=1S/C10H10N2O2/c11-5-1-2-6(12)10-8(14)4-3-7(13)9(5)10/h1-4,13-14H,11-12H2. The minimum atomic E-state index is 0.0163. The summed E-state index contributed by atoms with van der Waals surface area (Å²) in [5.74, 6) is 0.0326. The summed E-state index contributed by atoms with van der Waals surface area (Å²) in [7, 11) is 0. The van der Waals surface area contributed by atoms with Crippen molar-refractivity contribution in [3.8, 4) is 11.5 Å². The Balaban J connectivity index is 3.05. The van der Waals surface area contributed by atoms with E-state index in [4.69, 9.17) is 11.5 Å². The molecule has 0 saturated carbocycles. The van der Waals surface area contributed by atoms with Gasteiger partial charge in [0.05, 0.1) is 10.8 Å². The molecule has 0 radical (unpaired) electrons. The zero-order chi connectivity index (χ0) is 10.3. The van der Waals surface area contributed by atoms with Crippen molar-refractivity contribution < 1.29 is 10.2 Å². The Labute approximate surface area is 80.4 Å². The van der Waals surface area contributed by atoms with E-state index in [1.165, 1.54) is 12.1 Å². The van der Waals surface area contributed by atoms with E-state index in [1.54, 1.807) is 12.1 Å². The van der Waals surface area contributed by atoms with Crippen LogP contribution in [0.25, 0.3) is 10.8 Å². The second-order valence-corrected chi connectivity index (χ2v) is 3.10. The monoisotopic (exact) mass is 190 g/mol. The fraction of sp³-hybridized carbons (Fsp3) is 0. The maximum Gasteiger partial charge on any atom is 0.125 e. The van der Waals surface area contributed by atoms with Gasteiger partial charge < -0.3 is 21.7 Å². The van der Waals surface area contributed by atoms with Crippen LogP contribution in [0.4, 0.5) is 11.4 Å². The number of anilines is 2. The van der Waals surface area contributed by atoms with Gasteiger partial charge in [0.15, 0.2) is 0 Å². The van der Waals surface area contributed by atoms with Crippen molar-refractivity contribution in [1.29, 1.82) is 0 Å². The Bertz CT molecular complexity index is 420. The molecule has 0 aliphatic heterocycles. The van der Waals surface area contributed by atoms with Gasteiger partial charge in [-0.3, -0.25) is 0 Å². The van der Waals surface area contributed by atoms with Gasteiger partial charge in [-0.1, -0.05) is 0 Å². The summed E-state index contributed by atoms with van der Waals surface area (Å²) >= 11 is 0. The lowest BCUT2D eigenvalue weighted by molar-refractivity contribution is 0.470. The van der Waals surface area contributed by atoms with Crippen molar-refractivity contribution in [3.05, 3.63) is 24.3 Å². The summed E-state index contributed by atoms with van der Waals surface area (Å²) < 4.78 is 0. The van der Waals surface area contributed by atoms with Gasteiger partial charge in [0, 0.05) is 11.4 Å². The highest BCUT2D eigenvalue weighted by Crippen LogP contribution is 2.38. The molecule has 6 N–H and O–H groups in total. The highest BCUT2D eigenvalue weighted by molar-refractivity contribution is 6.07. The summed E-state index contributed by atoms with van der Waals surface area (Å²) in [5, 5.41) is 19.9. The number of rotatable bonds is 0. The van der Waals surface area contributed by atoms with Gasteiger partial charge in [0.25, 0.3) is 0 Å². The molecular formula is C10H10N2O2. The summed E-state index contributed by atoms with van der Waals surface area (Å²) in [4.78, 5) is 0. The molecule has 4 nitrogen and oxygen atoms in total. The Kier molecular flexibility index (Phi) is 1.64. The van der Waals surface area contributed by atoms with E-state index in [-0.39, 0.29) is 11.5 Å². The van der Waals surface area contributed by atoms with Gasteiger partial charge in [-0.05, 0) is 24.3 Å². The Morgan fingerprint density at radius 3 is 1.43 bits per heavy atom. The highest BCUT2D eigenvalue weighted by atomic mass is 16.3. The van der Waals surface area contributed by atoms with Crippen molar-refractivity contribution in [2.24, 2.45) is 0 Å². The average molecular weight is 190 g/mol. The molecule has 0 heterocycles.